The van der Waals surface area contributed by atoms with E-state index in [1.807, 2.05) is 11.3 Å². The lowest BCUT2D eigenvalue weighted by molar-refractivity contribution is -0.137. The molecule has 1 radical (unpaired) electrons. The Labute approximate surface area is 151 Å². The molecule has 1 aliphatic heterocycles. The molecule has 9 heteroatoms. The minimum absolute atomic E-state index is 0.281. The number of hydrogen-bond donors (Lipinski definition) is 0. The molecule has 2 aromatic heterocycles. The van der Waals surface area contributed by atoms with Crippen LogP contribution in [0.1, 0.15) is 15.9 Å². The van der Waals surface area contributed by atoms with Crippen molar-refractivity contribution in [1.82, 2.24) is 14.8 Å². The summed E-state index contributed by atoms with van der Waals surface area (Å²) >= 11 is 5.95. The molecule has 5 nitrogen and oxygen atoms in total. The largest absolute Gasteiger partial charge is 0.417 e. The average Bonchev–Trinajstić information content (AvgIpc) is 2.91. The summed E-state index contributed by atoms with van der Waals surface area (Å²) in [6.07, 6.45) is -1.17. The molecule has 0 atom stereocenters. The molecule has 1 aromatic carbocycles. The van der Waals surface area contributed by atoms with E-state index in [2.05, 4.69) is 10.1 Å². The molecule has 3 aromatic rings. The van der Waals surface area contributed by atoms with Crippen LogP contribution in [0.2, 0.25) is 5.02 Å². The predicted octanol–water partition coefficient (Wildman–Crippen LogP) is 3.82. The molecule has 0 N–H and O–H groups in total. The van der Waals surface area contributed by atoms with E-state index in [4.69, 9.17) is 11.6 Å². The number of anilines is 1. The number of benzene rings is 1. The van der Waals surface area contributed by atoms with Crippen LogP contribution >= 0.6 is 11.6 Å². The van der Waals surface area contributed by atoms with Gasteiger partial charge in [0.25, 0.3) is 5.91 Å². The van der Waals surface area contributed by atoms with Crippen molar-refractivity contribution in [3.63, 3.8) is 0 Å². The maximum atomic E-state index is 13.4. The molecule has 0 bridgehead atoms. The number of alkyl halides is 3. The Bertz CT molecular complexity index is 1010. The lowest BCUT2D eigenvalue weighted by Crippen LogP contribution is -2.38. The van der Waals surface area contributed by atoms with Crippen molar-refractivity contribution >= 4 is 34.4 Å². The predicted molar refractivity (Wildman–Crippen MR) is 90.2 cm³/mol. The zero-order chi connectivity index (χ0) is 18.5. The van der Waals surface area contributed by atoms with E-state index in [9.17, 15) is 18.0 Å². The molecule has 1 fully saturated rings. The Kier molecular flexibility index (Phi) is 3.87. The first-order valence-corrected chi connectivity index (χ1v) is 8.06. The monoisotopic (exact) mass is 379 g/mol. The second-order valence-electron chi connectivity index (χ2n) is 5.77. The number of nitrogens with zero attached hydrogens (tertiary/aromatic N) is 4. The van der Waals surface area contributed by atoms with E-state index in [-0.39, 0.29) is 5.02 Å². The molecule has 1 saturated heterocycles. The Hall–Kier alpha value is -2.61. The number of hydrogen-bond acceptors (Lipinski definition) is 4. The molecule has 0 spiro atoms. The van der Waals surface area contributed by atoms with Crippen LogP contribution in [0.25, 0.3) is 11.0 Å². The van der Waals surface area contributed by atoms with Crippen molar-refractivity contribution in [2.45, 2.75) is 6.18 Å². The molecule has 1 aliphatic rings. The summed E-state index contributed by atoms with van der Waals surface area (Å²) in [6.45, 7) is 1.27. The van der Waals surface area contributed by atoms with E-state index in [0.29, 0.717) is 29.9 Å². The zero-order valence-corrected chi connectivity index (χ0v) is 13.9. The van der Waals surface area contributed by atoms with Gasteiger partial charge in [0.2, 0.25) is 0 Å². The first-order chi connectivity index (χ1) is 12.4. The fourth-order valence-electron chi connectivity index (χ4n) is 2.82. The van der Waals surface area contributed by atoms with Crippen LogP contribution < -0.4 is 4.90 Å². The fraction of sp³-hybridized carbons (Fsp3) is 0.176. The van der Waals surface area contributed by atoms with Crippen LogP contribution in [0.4, 0.5) is 19.0 Å². The molecule has 4 rings (SSSR count). The Morgan fingerprint density at radius 2 is 1.92 bits per heavy atom. The van der Waals surface area contributed by atoms with Crippen LogP contribution in [0.3, 0.4) is 0 Å². The third-order valence-electron chi connectivity index (χ3n) is 4.14. The topological polar surface area (TPSA) is 51.0 Å². The smallest absolute Gasteiger partial charge is 0.353 e. The Morgan fingerprint density at radius 3 is 2.58 bits per heavy atom. The van der Waals surface area contributed by atoms with Gasteiger partial charge in [-0.05, 0) is 24.3 Å². The van der Waals surface area contributed by atoms with Crippen LogP contribution in [0, 0.1) is 6.42 Å². The lowest BCUT2D eigenvalue weighted by atomic mass is 10.1. The van der Waals surface area contributed by atoms with Gasteiger partial charge >= 0.3 is 6.18 Å². The molecular weight excluding hydrogens is 369 g/mol. The van der Waals surface area contributed by atoms with Crippen molar-refractivity contribution in [3.05, 3.63) is 59.1 Å². The second kappa shape index (κ2) is 5.98. The van der Waals surface area contributed by atoms with Gasteiger partial charge in [0.1, 0.15) is 5.52 Å². The van der Waals surface area contributed by atoms with Crippen molar-refractivity contribution in [3.8, 4) is 0 Å². The van der Waals surface area contributed by atoms with Gasteiger partial charge in [-0.15, -0.1) is 5.10 Å². The van der Waals surface area contributed by atoms with Gasteiger partial charge in [-0.1, -0.05) is 17.7 Å². The highest BCUT2D eigenvalue weighted by atomic mass is 35.5. The molecule has 0 unspecified atom stereocenters. The summed E-state index contributed by atoms with van der Waals surface area (Å²) in [6, 6.07) is 6.42. The number of pyridine rings is 1. The Morgan fingerprint density at radius 1 is 1.15 bits per heavy atom. The standard InChI is InChI=1S/C17H11ClF3N4O/c18-11-5-1-4-10(17(19,20)21)13(11)16(26)25-12-6-2-7-22-14(12)15(23-25)24-8-3-9-24/h1-7H,8-9H2. The van der Waals surface area contributed by atoms with Gasteiger partial charge in [0.05, 0.1) is 21.7 Å². The van der Waals surface area contributed by atoms with Gasteiger partial charge in [-0.25, -0.2) is 0 Å². The zero-order valence-electron chi connectivity index (χ0n) is 13.2. The van der Waals surface area contributed by atoms with Crippen molar-refractivity contribution in [2.24, 2.45) is 0 Å². The van der Waals surface area contributed by atoms with Gasteiger partial charge in [0, 0.05) is 25.7 Å². The molecule has 26 heavy (non-hydrogen) atoms. The minimum atomic E-state index is -4.72. The first kappa shape index (κ1) is 16.8. The van der Waals surface area contributed by atoms with Gasteiger partial charge in [0.15, 0.2) is 5.82 Å². The van der Waals surface area contributed by atoms with E-state index >= 15 is 0 Å². The molecule has 3 heterocycles. The highest BCUT2D eigenvalue weighted by Gasteiger charge is 2.37. The molecule has 0 aliphatic carbocycles. The summed E-state index contributed by atoms with van der Waals surface area (Å²) in [5.74, 6) is -0.492. The molecular formula is C17H11ClF3N4O. The van der Waals surface area contributed by atoms with Crippen LogP contribution in [0.5, 0.6) is 0 Å². The number of aromatic nitrogens is 3. The van der Waals surface area contributed by atoms with Gasteiger partial charge in [-0.3, -0.25) is 9.78 Å². The number of fused-ring (bicyclic) bond motifs is 1. The first-order valence-electron chi connectivity index (χ1n) is 7.68. The summed E-state index contributed by atoms with van der Waals surface area (Å²) < 4.78 is 41.0. The van der Waals surface area contributed by atoms with Crippen LogP contribution in [-0.4, -0.2) is 33.8 Å². The minimum Gasteiger partial charge on any atom is -0.353 e. The average molecular weight is 380 g/mol. The lowest BCUT2D eigenvalue weighted by Gasteiger charge is -2.30. The quantitative estimate of drug-likeness (QED) is 0.679. The van der Waals surface area contributed by atoms with Gasteiger partial charge in [-0.2, -0.15) is 17.9 Å². The van der Waals surface area contributed by atoms with E-state index < -0.39 is 23.2 Å². The van der Waals surface area contributed by atoms with Crippen molar-refractivity contribution in [2.75, 3.05) is 18.0 Å². The molecule has 133 valence electrons. The number of carbonyl (C=O) groups is 1. The molecule has 0 saturated carbocycles. The summed E-state index contributed by atoms with van der Waals surface area (Å²) in [7, 11) is 0. The Balaban J connectivity index is 1.91. The number of halogens is 4. The van der Waals surface area contributed by atoms with E-state index in [1.54, 1.807) is 18.3 Å². The van der Waals surface area contributed by atoms with Crippen LogP contribution in [0.15, 0.2) is 36.5 Å². The van der Waals surface area contributed by atoms with Crippen LogP contribution in [-0.2, 0) is 6.18 Å². The number of rotatable bonds is 2. The third kappa shape index (κ3) is 2.61. The maximum absolute atomic E-state index is 13.4. The maximum Gasteiger partial charge on any atom is 0.417 e. The van der Waals surface area contributed by atoms with Crippen molar-refractivity contribution < 1.29 is 18.0 Å². The summed E-state index contributed by atoms with van der Waals surface area (Å²) in [5.41, 5.74) is -0.944. The highest BCUT2D eigenvalue weighted by molar-refractivity contribution is 6.34. The second-order valence-corrected chi connectivity index (χ2v) is 6.17. The SMILES string of the molecule is O=C(c1c(Cl)cccc1C(F)(F)F)n1nc(N2C[CH]C2)c2ncccc21. The van der Waals surface area contributed by atoms with E-state index in [1.165, 1.54) is 6.07 Å². The third-order valence-corrected chi connectivity index (χ3v) is 4.46. The highest BCUT2D eigenvalue weighted by Crippen LogP contribution is 2.36. The summed E-state index contributed by atoms with van der Waals surface area (Å²) in [4.78, 5) is 19.1. The van der Waals surface area contributed by atoms with E-state index in [0.717, 1.165) is 16.8 Å². The summed E-state index contributed by atoms with van der Waals surface area (Å²) in [5, 5.41) is 3.96. The normalized spacial score (nSPS) is 14.5. The fourth-order valence-corrected chi connectivity index (χ4v) is 3.07. The number of carbonyl (C=O) groups excluding carboxylic acids is 1. The van der Waals surface area contributed by atoms with Crippen molar-refractivity contribution in [1.29, 1.82) is 0 Å². The molecule has 0 amide bonds. The van der Waals surface area contributed by atoms with Gasteiger partial charge < -0.3 is 4.90 Å².